The largest absolute Gasteiger partial charge is 0.389 e. The van der Waals surface area contributed by atoms with E-state index in [9.17, 15) is 15.0 Å². The number of aliphatic hydroxyl groups excluding tert-OH is 1. The molecule has 1 saturated heterocycles. The van der Waals surface area contributed by atoms with Gasteiger partial charge in [-0.15, -0.1) is 0 Å². The number of hydrogen-bond acceptors (Lipinski definition) is 9. The predicted octanol–water partition coefficient (Wildman–Crippen LogP) is 1.02. The summed E-state index contributed by atoms with van der Waals surface area (Å²) in [5.41, 5.74) is 5.56. The molecule has 2 aliphatic rings. The molecule has 0 bridgehead atoms. The maximum atomic E-state index is 15.6. The van der Waals surface area contributed by atoms with Crippen LogP contribution in [-0.4, -0.2) is 84.7 Å². The van der Waals surface area contributed by atoms with Crippen LogP contribution in [0.25, 0.3) is 11.1 Å². The number of halogens is 2. The molecule has 11 nitrogen and oxygen atoms in total. The van der Waals surface area contributed by atoms with Gasteiger partial charge >= 0.3 is 0 Å². The van der Waals surface area contributed by atoms with E-state index < -0.39 is 29.2 Å². The number of rotatable bonds is 10. The summed E-state index contributed by atoms with van der Waals surface area (Å²) >= 11 is 0. The van der Waals surface area contributed by atoms with Crippen LogP contribution < -0.4 is 16.0 Å². The second kappa shape index (κ2) is 10.8. The normalized spacial score (nSPS) is 21.6. The molecule has 1 aliphatic carbocycles. The van der Waals surface area contributed by atoms with Crippen LogP contribution in [0, 0.1) is 11.6 Å². The molecule has 1 amide bonds. The van der Waals surface area contributed by atoms with Crippen LogP contribution in [0.1, 0.15) is 24.8 Å². The Bertz CT molecular complexity index is 1350. The van der Waals surface area contributed by atoms with Crippen LogP contribution in [0.4, 0.5) is 20.4 Å². The molecule has 3 heterocycles. The van der Waals surface area contributed by atoms with Gasteiger partial charge in [0.2, 0.25) is 11.7 Å². The van der Waals surface area contributed by atoms with Crippen LogP contribution in [0.15, 0.2) is 36.9 Å². The first-order chi connectivity index (χ1) is 18.6. The summed E-state index contributed by atoms with van der Waals surface area (Å²) in [4.78, 5) is 22.7. The number of nitrogens with zero attached hydrogens (tertiary/aromatic N) is 6. The van der Waals surface area contributed by atoms with Crippen LogP contribution in [0.5, 0.6) is 0 Å². The summed E-state index contributed by atoms with van der Waals surface area (Å²) in [6, 6.07) is 4.96. The molecule has 1 aliphatic heterocycles. The van der Waals surface area contributed by atoms with Crippen molar-refractivity contribution in [2.45, 2.75) is 43.6 Å². The molecule has 2 unspecified atom stereocenters. The predicted molar refractivity (Wildman–Crippen MR) is 139 cm³/mol. The SMILES string of the molecule is Cn1cc(-c2ccc(CN(c3ncnc(NCC4(O)CCN(CC(N)=O)CC4O)c3F)C3CC3)c(F)c2)cn1. The lowest BCUT2D eigenvalue weighted by Gasteiger charge is -2.41. The van der Waals surface area contributed by atoms with Gasteiger partial charge in [-0.2, -0.15) is 9.49 Å². The highest BCUT2D eigenvalue weighted by Gasteiger charge is 2.41. The van der Waals surface area contributed by atoms with Crippen molar-refractivity contribution in [3.63, 3.8) is 0 Å². The molecule has 3 aromatic rings. The average molecular weight is 543 g/mol. The fourth-order valence-corrected chi connectivity index (χ4v) is 4.89. The summed E-state index contributed by atoms with van der Waals surface area (Å²) < 4.78 is 32.4. The van der Waals surface area contributed by atoms with Crippen LogP contribution >= 0.6 is 0 Å². The van der Waals surface area contributed by atoms with Gasteiger partial charge in [-0.1, -0.05) is 12.1 Å². The average Bonchev–Trinajstić information content (AvgIpc) is 3.64. The Hall–Kier alpha value is -3.68. The van der Waals surface area contributed by atoms with Gasteiger partial charge in [0.05, 0.1) is 18.8 Å². The Morgan fingerprint density at radius 3 is 2.72 bits per heavy atom. The van der Waals surface area contributed by atoms with Gasteiger partial charge in [-0.05, 0) is 30.9 Å². The number of amides is 1. The molecule has 39 heavy (non-hydrogen) atoms. The van der Waals surface area contributed by atoms with Crippen LogP contribution in [0.2, 0.25) is 0 Å². The van der Waals surface area contributed by atoms with Crippen LogP contribution in [-0.2, 0) is 18.4 Å². The smallest absolute Gasteiger partial charge is 0.231 e. The Balaban J connectivity index is 1.30. The summed E-state index contributed by atoms with van der Waals surface area (Å²) in [5.74, 6) is -1.74. The lowest BCUT2D eigenvalue weighted by molar-refractivity contribution is -0.127. The first-order valence-corrected chi connectivity index (χ1v) is 12.8. The number of hydrogen-bond donors (Lipinski definition) is 4. The summed E-state index contributed by atoms with van der Waals surface area (Å²) in [6.45, 7) is 0.332. The number of β-amino-alcohol motifs (C(OH)–C–C–N with tert-alkyl or cyclic N) is 1. The molecule has 208 valence electrons. The third kappa shape index (κ3) is 6.00. The van der Waals surface area contributed by atoms with Crippen molar-refractivity contribution in [2.24, 2.45) is 12.8 Å². The third-order valence-corrected chi connectivity index (χ3v) is 7.32. The first-order valence-electron chi connectivity index (χ1n) is 12.8. The second-order valence-corrected chi connectivity index (χ2v) is 10.4. The molecule has 0 radical (unpaired) electrons. The fraction of sp³-hybridized carbons (Fsp3) is 0.462. The van der Waals surface area contributed by atoms with Gasteiger partial charge in [0.25, 0.3) is 0 Å². The van der Waals surface area contributed by atoms with Crippen molar-refractivity contribution >= 4 is 17.5 Å². The molecule has 1 saturated carbocycles. The van der Waals surface area contributed by atoms with Gasteiger partial charge in [-0.25, -0.2) is 14.4 Å². The molecular formula is C26H32F2N8O3. The van der Waals surface area contributed by atoms with Crippen molar-refractivity contribution in [2.75, 3.05) is 36.4 Å². The Kier molecular flexibility index (Phi) is 7.47. The Morgan fingerprint density at radius 1 is 1.28 bits per heavy atom. The lowest BCUT2D eigenvalue weighted by Crippen LogP contribution is -2.59. The third-order valence-electron chi connectivity index (χ3n) is 7.32. The highest BCUT2D eigenvalue weighted by Crippen LogP contribution is 2.35. The highest BCUT2D eigenvalue weighted by atomic mass is 19.1. The molecule has 5 N–H and O–H groups in total. The maximum Gasteiger partial charge on any atom is 0.231 e. The van der Waals surface area contributed by atoms with E-state index in [1.165, 1.54) is 12.4 Å². The number of aliphatic hydroxyl groups is 2. The first kappa shape index (κ1) is 26.9. The number of aromatic nitrogens is 4. The number of primary amides is 1. The summed E-state index contributed by atoms with van der Waals surface area (Å²) in [5, 5.41) is 28.4. The minimum absolute atomic E-state index is 0.0141. The van der Waals surface area contributed by atoms with Crippen molar-refractivity contribution < 1.29 is 23.8 Å². The zero-order chi connectivity index (χ0) is 27.7. The van der Waals surface area contributed by atoms with E-state index in [1.54, 1.807) is 40.0 Å². The molecule has 2 atom stereocenters. The molecular weight excluding hydrogens is 510 g/mol. The van der Waals surface area contributed by atoms with E-state index in [0.29, 0.717) is 17.7 Å². The van der Waals surface area contributed by atoms with Gasteiger partial charge in [0.15, 0.2) is 11.6 Å². The number of carbonyl (C=O) groups excluding carboxylic acids is 1. The zero-order valence-electron chi connectivity index (χ0n) is 21.6. The molecule has 5 rings (SSSR count). The van der Waals surface area contributed by atoms with Crippen molar-refractivity contribution in [1.29, 1.82) is 0 Å². The molecule has 2 fully saturated rings. The monoisotopic (exact) mass is 542 g/mol. The van der Waals surface area contributed by atoms with E-state index in [4.69, 9.17) is 5.73 Å². The summed E-state index contributed by atoms with van der Waals surface area (Å²) in [7, 11) is 1.79. The number of anilines is 2. The molecule has 13 heteroatoms. The molecule has 2 aromatic heterocycles. The minimum atomic E-state index is -1.55. The van der Waals surface area contributed by atoms with Gasteiger partial charge in [0.1, 0.15) is 17.7 Å². The summed E-state index contributed by atoms with van der Waals surface area (Å²) in [6.07, 6.45) is 5.31. The maximum absolute atomic E-state index is 15.6. The van der Waals surface area contributed by atoms with Gasteiger partial charge in [0, 0.05) is 56.6 Å². The number of benzene rings is 1. The number of carbonyl (C=O) groups is 1. The van der Waals surface area contributed by atoms with E-state index in [2.05, 4.69) is 20.4 Å². The fourth-order valence-electron chi connectivity index (χ4n) is 4.89. The topological polar surface area (TPSA) is 146 Å². The van der Waals surface area contributed by atoms with Crippen molar-refractivity contribution in [3.05, 3.63) is 54.1 Å². The molecule has 1 aromatic carbocycles. The van der Waals surface area contributed by atoms with E-state index in [-0.39, 0.29) is 50.3 Å². The number of nitrogens with two attached hydrogens (primary N) is 1. The van der Waals surface area contributed by atoms with Gasteiger partial charge < -0.3 is 26.2 Å². The van der Waals surface area contributed by atoms with Crippen molar-refractivity contribution in [3.8, 4) is 11.1 Å². The van der Waals surface area contributed by atoms with E-state index >= 15 is 8.78 Å². The quantitative estimate of drug-likeness (QED) is 0.295. The highest BCUT2D eigenvalue weighted by molar-refractivity contribution is 5.75. The van der Waals surface area contributed by atoms with E-state index in [1.807, 2.05) is 6.07 Å². The second-order valence-electron chi connectivity index (χ2n) is 10.4. The Morgan fingerprint density at radius 2 is 2.08 bits per heavy atom. The lowest BCUT2D eigenvalue weighted by atomic mass is 9.88. The van der Waals surface area contributed by atoms with Crippen LogP contribution in [0.3, 0.4) is 0 Å². The zero-order valence-corrected chi connectivity index (χ0v) is 21.6. The molecule has 0 spiro atoms. The number of nitrogens with one attached hydrogen (secondary N) is 1. The number of likely N-dealkylation sites (tertiary alicyclic amines) is 1. The van der Waals surface area contributed by atoms with Gasteiger partial charge in [-0.3, -0.25) is 14.4 Å². The van der Waals surface area contributed by atoms with Crippen molar-refractivity contribution in [1.82, 2.24) is 24.6 Å². The Labute approximate surface area is 224 Å². The number of piperidine rings is 1. The number of aryl methyl sites for hydroxylation is 1. The minimum Gasteiger partial charge on any atom is -0.389 e. The standard InChI is InChI=1S/C26H32F2N8O3/c1-34-10-18(9-33-34)16-2-3-17(20(27)8-16)11-36(19-4-5-19)25-23(28)24(31-15-32-25)30-14-26(39)6-7-35(12-21(26)37)13-22(29)38/h2-3,8-10,15,19,21,37,39H,4-7,11-14H2,1H3,(H2,29,38)(H,30,31,32). The van der Waals surface area contributed by atoms with E-state index in [0.717, 1.165) is 18.4 Å².